The van der Waals surface area contributed by atoms with Crippen molar-refractivity contribution in [3.05, 3.63) is 35.9 Å². The van der Waals surface area contributed by atoms with Crippen molar-refractivity contribution >= 4 is 11.9 Å². The van der Waals surface area contributed by atoms with Crippen LogP contribution in [0.4, 0.5) is 0 Å². The van der Waals surface area contributed by atoms with Gasteiger partial charge in [0.25, 0.3) is 0 Å². The molecule has 5 unspecified atom stereocenters. The molecule has 5 aliphatic carbocycles. The molecule has 1 heterocycles. The van der Waals surface area contributed by atoms with Crippen LogP contribution in [0.5, 0.6) is 0 Å². The third-order valence-electron chi connectivity index (χ3n) is 13.2. The summed E-state index contributed by atoms with van der Waals surface area (Å²) in [5.41, 5.74) is -4.14. The number of benzene rings is 1. The van der Waals surface area contributed by atoms with E-state index in [9.17, 15) is 19.8 Å². The van der Waals surface area contributed by atoms with E-state index < -0.39 is 76.5 Å². The average Bonchev–Trinajstić information content (AvgIpc) is 3.43. The van der Waals surface area contributed by atoms with Gasteiger partial charge in [0.1, 0.15) is 35.6 Å². The lowest BCUT2D eigenvalue weighted by atomic mass is 9.42. The lowest BCUT2D eigenvalue weighted by molar-refractivity contribution is -0.329. The molecule has 1 aromatic carbocycles. The Labute approximate surface area is 275 Å². The smallest absolute Gasteiger partial charge is 0.338 e. The Morgan fingerprint density at radius 1 is 0.979 bits per heavy atom. The molecule has 7 bridgehead atoms. The molecule has 0 aromatic heterocycles. The van der Waals surface area contributed by atoms with Crippen LogP contribution in [-0.2, 0) is 38.0 Å². The molecule has 47 heavy (non-hydrogen) atoms. The minimum Gasteiger partial charge on any atom is -0.462 e. The van der Waals surface area contributed by atoms with Gasteiger partial charge in [-0.2, -0.15) is 0 Å². The highest BCUT2D eigenvalue weighted by Gasteiger charge is 2.91. The predicted octanol–water partition coefficient (Wildman–Crippen LogP) is 1.30. The molecule has 260 valence electrons. The topological polar surface area (TPSA) is 142 Å². The quantitative estimate of drug-likeness (QED) is 0.350. The van der Waals surface area contributed by atoms with Crippen molar-refractivity contribution in [1.29, 1.82) is 0 Å². The van der Waals surface area contributed by atoms with E-state index in [1.165, 1.54) is 14.0 Å². The third kappa shape index (κ3) is 3.92. The van der Waals surface area contributed by atoms with Gasteiger partial charge < -0.3 is 48.3 Å². The molecule has 0 radical (unpaired) electrons. The molecule has 6 fully saturated rings. The van der Waals surface area contributed by atoms with Crippen molar-refractivity contribution in [3.8, 4) is 0 Å². The van der Waals surface area contributed by atoms with Gasteiger partial charge in [-0.05, 0) is 38.4 Å². The van der Waals surface area contributed by atoms with Crippen LogP contribution in [0.3, 0.4) is 0 Å². The van der Waals surface area contributed by atoms with Crippen molar-refractivity contribution in [2.45, 2.75) is 80.6 Å². The largest absolute Gasteiger partial charge is 0.462 e. The zero-order valence-electron chi connectivity index (χ0n) is 28.3. The number of hydrogen-bond donors (Lipinski definition) is 2. The minimum atomic E-state index is -1.74. The number of carbonyl (C=O) groups excluding carboxylic acids is 2. The van der Waals surface area contributed by atoms with E-state index in [0.717, 1.165) is 0 Å². The van der Waals surface area contributed by atoms with E-state index in [1.807, 2.05) is 13.0 Å². The normalized spacial score (nSPS) is 49.1. The Bertz CT molecular complexity index is 1380. The maximum Gasteiger partial charge on any atom is 0.338 e. The molecule has 1 aromatic rings. The second kappa shape index (κ2) is 11.4. The summed E-state index contributed by atoms with van der Waals surface area (Å²) in [5.74, 6) is -2.73. The van der Waals surface area contributed by atoms with Gasteiger partial charge >= 0.3 is 11.9 Å². The van der Waals surface area contributed by atoms with Gasteiger partial charge in [-0.15, -0.1) is 0 Å². The molecular weight excluding hydrogens is 610 g/mol. The molecule has 5 saturated carbocycles. The standard InChI is InChI=1S/C35H49NO11/c1-8-45-35-23-20(15-33(40,30(44-7)28(35)38)29(23)47-31(39)19-12-10-9-11-13-19)34-22(42-5)14-21(46-18(2)37)32(17-41-4)16-36(3)27(34)24(35)25(43-6)26(32)34/h9-13,20-30,38,40H,8,14-17H2,1-7H3/t20-,21+,22?,23+,24?,25?,26+,27?,28-,29+,30-,32-,33-,34?,35+/m0/s1. The van der Waals surface area contributed by atoms with Gasteiger partial charge in [0.15, 0.2) is 0 Å². The number of piperidine rings is 1. The number of ether oxygens (including phenoxy) is 7. The van der Waals surface area contributed by atoms with E-state index in [0.29, 0.717) is 18.5 Å². The molecule has 12 heteroatoms. The van der Waals surface area contributed by atoms with Crippen LogP contribution in [-0.4, -0.2) is 136 Å². The first-order chi connectivity index (χ1) is 22.5. The second-order valence-corrected chi connectivity index (χ2v) is 14.7. The Kier molecular flexibility index (Phi) is 8.12. The monoisotopic (exact) mass is 659 g/mol. The number of hydrogen-bond acceptors (Lipinski definition) is 12. The summed E-state index contributed by atoms with van der Waals surface area (Å²) in [6.45, 7) is 4.39. The Morgan fingerprint density at radius 2 is 1.70 bits per heavy atom. The summed E-state index contributed by atoms with van der Waals surface area (Å²) in [6.07, 6.45) is -4.38. The molecule has 0 amide bonds. The zero-order valence-corrected chi connectivity index (χ0v) is 28.3. The van der Waals surface area contributed by atoms with Gasteiger partial charge in [-0.3, -0.25) is 4.79 Å². The molecule has 6 aliphatic rings. The molecule has 12 nitrogen and oxygen atoms in total. The second-order valence-electron chi connectivity index (χ2n) is 14.7. The van der Waals surface area contributed by atoms with Gasteiger partial charge in [-0.25, -0.2) is 4.79 Å². The predicted molar refractivity (Wildman–Crippen MR) is 165 cm³/mol. The molecular formula is C35H49NO11. The van der Waals surface area contributed by atoms with Crippen LogP contribution in [0.2, 0.25) is 0 Å². The molecule has 2 N–H and O–H groups in total. The summed E-state index contributed by atoms with van der Waals surface area (Å²) < 4.78 is 44.4. The maximum absolute atomic E-state index is 13.8. The lowest BCUT2D eigenvalue weighted by Gasteiger charge is -2.70. The minimum absolute atomic E-state index is 0.167. The van der Waals surface area contributed by atoms with Gasteiger partial charge in [0.05, 0.1) is 24.4 Å². The third-order valence-corrected chi connectivity index (χ3v) is 13.2. The van der Waals surface area contributed by atoms with Crippen molar-refractivity contribution in [2.75, 3.05) is 55.2 Å². The maximum atomic E-state index is 13.8. The van der Waals surface area contributed by atoms with Crippen LogP contribution < -0.4 is 0 Å². The van der Waals surface area contributed by atoms with E-state index in [4.69, 9.17) is 33.2 Å². The fourth-order valence-electron chi connectivity index (χ4n) is 12.6. The number of carbonyl (C=O) groups is 2. The zero-order chi connectivity index (χ0) is 33.7. The van der Waals surface area contributed by atoms with E-state index >= 15 is 0 Å². The van der Waals surface area contributed by atoms with E-state index in [1.54, 1.807) is 45.6 Å². The summed E-state index contributed by atoms with van der Waals surface area (Å²) >= 11 is 0. The van der Waals surface area contributed by atoms with E-state index in [2.05, 4.69) is 11.9 Å². The molecule has 1 aliphatic heterocycles. The summed E-state index contributed by atoms with van der Waals surface area (Å²) in [5, 5.41) is 25.4. The highest BCUT2D eigenvalue weighted by atomic mass is 16.6. The highest BCUT2D eigenvalue weighted by molar-refractivity contribution is 5.89. The first-order valence-corrected chi connectivity index (χ1v) is 16.7. The first kappa shape index (κ1) is 33.3. The van der Waals surface area contributed by atoms with Gasteiger partial charge in [0.2, 0.25) is 0 Å². The van der Waals surface area contributed by atoms with Crippen LogP contribution in [0, 0.1) is 34.5 Å². The molecule has 1 spiro atoms. The van der Waals surface area contributed by atoms with Crippen molar-refractivity contribution < 1.29 is 53.0 Å². The molecule has 7 rings (SSSR count). The Morgan fingerprint density at radius 3 is 2.30 bits per heavy atom. The number of fused-ring (bicyclic) bond motifs is 2. The van der Waals surface area contributed by atoms with Crippen LogP contribution in [0.15, 0.2) is 30.3 Å². The first-order valence-electron chi connectivity index (χ1n) is 16.7. The molecule has 1 saturated heterocycles. The van der Waals surface area contributed by atoms with E-state index in [-0.39, 0.29) is 43.5 Å². The number of methoxy groups -OCH3 is 4. The number of rotatable bonds is 10. The average molecular weight is 660 g/mol. The van der Waals surface area contributed by atoms with Crippen molar-refractivity contribution in [2.24, 2.45) is 34.5 Å². The Balaban J connectivity index is 1.50. The fourth-order valence-corrected chi connectivity index (χ4v) is 12.6. The number of nitrogens with zero attached hydrogens (tertiary/aromatic N) is 1. The number of likely N-dealkylation sites (tertiary alicyclic amines) is 1. The number of aliphatic hydroxyl groups is 2. The summed E-state index contributed by atoms with van der Waals surface area (Å²) in [7, 11) is 8.53. The van der Waals surface area contributed by atoms with Gasteiger partial charge in [-0.1, -0.05) is 18.2 Å². The van der Waals surface area contributed by atoms with Crippen molar-refractivity contribution in [1.82, 2.24) is 4.90 Å². The summed E-state index contributed by atoms with van der Waals surface area (Å²) in [6, 6.07) is 8.48. The van der Waals surface area contributed by atoms with Crippen LogP contribution >= 0.6 is 0 Å². The molecule has 15 atom stereocenters. The SMILES string of the molecule is CCO[C@@]12C3C(OC)[C@H]4C5(C(OC)C[C@@H](OC(C)=O)[C@@]4(COC)CN(C)C35)[C@H]3C[C@](O)([C@H](OC(=O)c4ccccc4)[C@@H]31)[C@@H](OC)[C@@H]2O. The summed E-state index contributed by atoms with van der Waals surface area (Å²) in [4.78, 5) is 28.7. The number of esters is 2. The number of aliphatic hydroxyl groups excluding tert-OH is 1. The van der Waals surface area contributed by atoms with Gasteiger partial charge in [0, 0.05) is 89.6 Å². The fraction of sp³-hybridized carbons (Fsp3) is 0.771. The van der Waals surface area contributed by atoms with Crippen LogP contribution in [0.25, 0.3) is 0 Å². The van der Waals surface area contributed by atoms with Crippen molar-refractivity contribution in [3.63, 3.8) is 0 Å². The van der Waals surface area contributed by atoms with Crippen LogP contribution in [0.1, 0.15) is 37.0 Å². The lowest BCUT2D eigenvalue weighted by Crippen LogP contribution is -2.81. The Hall–Kier alpha value is -2.16. The highest BCUT2D eigenvalue weighted by Crippen LogP contribution is 2.80.